The maximum absolute atomic E-state index is 14.6. The van der Waals surface area contributed by atoms with Gasteiger partial charge in [0.15, 0.2) is 17.2 Å². The molecular weight excluding hydrogens is 469 g/mol. The molecule has 3 rings (SSSR count). The number of hydrogen-bond donors (Lipinski definition) is 2. The van der Waals surface area contributed by atoms with Crippen molar-refractivity contribution in [1.82, 2.24) is 4.73 Å². The van der Waals surface area contributed by atoms with Gasteiger partial charge in [0, 0.05) is 23.6 Å². The number of nitrogens with two attached hydrogens (primary N) is 1. The standard InChI is InChI=1S/C21H20F5N3O5/c1-9-14(11-4-5-12(22)15(23)16(11)33-3)17(34-20(9,2)21(24,25)26)19(31)28-10-6-7-29(32)13(8-10)18(27)30/h4-9,14,17,32H,1-3H3,(H2,27,30)/t9-,14-,17+,20+/m1/s1/i3D3. The Hall–Kier alpha value is -3.48. The molecule has 1 aliphatic heterocycles. The van der Waals surface area contributed by atoms with E-state index < -0.39 is 77.2 Å². The van der Waals surface area contributed by atoms with Crippen LogP contribution in [0.1, 0.15) is 39.9 Å². The minimum absolute atomic E-state index is 0.302. The summed E-state index contributed by atoms with van der Waals surface area (Å²) < 4.78 is 103. The number of rotatable bonds is 4. The van der Waals surface area contributed by atoms with Gasteiger partial charge in [0.05, 0.1) is 16.5 Å². The fourth-order valence-electron chi connectivity index (χ4n) is 3.85. The maximum atomic E-state index is 14.6. The Balaban J connectivity index is 2.22. The molecule has 4 atom stereocenters. The van der Waals surface area contributed by atoms with Crippen LogP contribution in [0.4, 0.5) is 22.0 Å². The van der Waals surface area contributed by atoms with E-state index >= 15 is 0 Å². The van der Waals surface area contributed by atoms with E-state index in [1.165, 1.54) is 0 Å². The van der Waals surface area contributed by atoms with Crippen molar-refractivity contribution in [3.63, 3.8) is 0 Å². The molecule has 13 heteroatoms. The van der Waals surface area contributed by atoms with Crippen molar-refractivity contribution in [1.29, 1.82) is 0 Å². The fraction of sp³-hybridized carbons (Fsp3) is 0.381. The summed E-state index contributed by atoms with van der Waals surface area (Å²) in [6, 6.07) is 3.25. The van der Waals surface area contributed by atoms with E-state index in [1.54, 1.807) is 0 Å². The number of carbonyl (C=O) groups is 2. The first-order valence-corrected chi connectivity index (χ1v) is 9.59. The molecule has 34 heavy (non-hydrogen) atoms. The van der Waals surface area contributed by atoms with E-state index in [1.807, 2.05) is 0 Å². The lowest BCUT2D eigenvalue weighted by Gasteiger charge is -2.32. The highest BCUT2D eigenvalue weighted by atomic mass is 19.4. The Kier molecular flexibility index (Phi) is 5.40. The number of benzene rings is 1. The second-order valence-corrected chi connectivity index (χ2v) is 7.77. The van der Waals surface area contributed by atoms with Crippen LogP contribution in [0.25, 0.3) is 0 Å². The van der Waals surface area contributed by atoms with Crippen molar-refractivity contribution in [2.45, 2.75) is 37.6 Å². The van der Waals surface area contributed by atoms with Crippen molar-refractivity contribution in [3.8, 4) is 5.75 Å². The largest absolute Gasteiger partial charge is 0.493 e. The molecule has 1 fully saturated rings. The maximum Gasteiger partial charge on any atom is 0.417 e. The van der Waals surface area contributed by atoms with Crippen LogP contribution < -0.4 is 15.8 Å². The molecule has 3 N–H and O–H groups in total. The van der Waals surface area contributed by atoms with Crippen LogP contribution in [0.2, 0.25) is 0 Å². The molecule has 1 aromatic carbocycles. The fourth-order valence-corrected chi connectivity index (χ4v) is 3.85. The zero-order valence-electron chi connectivity index (χ0n) is 20.6. The molecule has 2 heterocycles. The Morgan fingerprint density at radius 2 is 2.00 bits per heavy atom. The molecule has 2 amide bonds. The van der Waals surface area contributed by atoms with Gasteiger partial charge in [-0.05, 0) is 25.1 Å². The Bertz CT molecular complexity index is 1310. The summed E-state index contributed by atoms with van der Waals surface area (Å²) in [4.78, 5) is 28.2. The molecule has 1 aliphatic rings. The van der Waals surface area contributed by atoms with E-state index in [9.17, 15) is 36.7 Å². The summed E-state index contributed by atoms with van der Waals surface area (Å²) in [6.45, 7) is 1.68. The Morgan fingerprint density at radius 1 is 1.32 bits per heavy atom. The van der Waals surface area contributed by atoms with Crippen LogP contribution in [-0.2, 0) is 9.53 Å². The van der Waals surface area contributed by atoms with Gasteiger partial charge in [0.25, 0.3) is 11.8 Å². The van der Waals surface area contributed by atoms with Gasteiger partial charge in [-0.2, -0.15) is 22.3 Å². The molecule has 0 spiro atoms. The van der Waals surface area contributed by atoms with Crippen molar-refractivity contribution in [3.05, 3.63) is 58.7 Å². The molecule has 8 nitrogen and oxygen atoms in total. The van der Waals surface area contributed by atoms with Gasteiger partial charge < -0.3 is 20.4 Å². The third kappa shape index (κ3) is 4.11. The number of pyridine rings is 1. The van der Waals surface area contributed by atoms with Gasteiger partial charge in [-0.1, -0.05) is 13.0 Å². The number of nitrogens with zero attached hydrogens (tertiary/aromatic N) is 2. The van der Waals surface area contributed by atoms with Crippen molar-refractivity contribution in [2.75, 3.05) is 7.04 Å². The number of alkyl halides is 3. The van der Waals surface area contributed by atoms with Gasteiger partial charge in [0.2, 0.25) is 5.82 Å². The molecule has 0 saturated carbocycles. The first kappa shape index (κ1) is 21.1. The smallest absolute Gasteiger partial charge is 0.417 e. The van der Waals surface area contributed by atoms with Gasteiger partial charge in [-0.15, -0.1) is 0 Å². The summed E-state index contributed by atoms with van der Waals surface area (Å²) in [5.41, 5.74) is 1.03. The lowest BCUT2D eigenvalue weighted by atomic mass is 9.77. The SMILES string of the molecule is [2H]C([2H])([2H])Oc1c([C@@H]2[C@@H](C(=O)N=c3ccn(O)c(C(N)=O)c3)O[C@](C)(C(F)(F)F)[C@@H]2C)ccc(F)c1F. The molecular formula is C21H20F5N3O5. The van der Waals surface area contributed by atoms with Gasteiger partial charge >= 0.3 is 6.18 Å². The van der Waals surface area contributed by atoms with E-state index in [4.69, 9.17) is 14.6 Å². The number of carbonyl (C=O) groups excluding carboxylic acids is 2. The van der Waals surface area contributed by atoms with Crippen molar-refractivity contribution >= 4 is 11.8 Å². The highest BCUT2D eigenvalue weighted by molar-refractivity contribution is 5.91. The molecule has 0 bridgehead atoms. The second kappa shape index (κ2) is 8.70. The van der Waals surface area contributed by atoms with Crippen molar-refractivity contribution in [2.24, 2.45) is 16.6 Å². The van der Waals surface area contributed by atoms with Crippen LogP contribution >= 0.6 is 0 Å². The Labute approximate surface area is 193 Å². The normalized spacial score (nSPS) is 27.1. The lowest BCUT2D eigenvalue weighted by molar-refractivity contribution is -0.272. The second-order valence-electron chi connectivity index (χ2n) is 7.77. The minimum atomic E-state index is -5.06. The number of aromatic nitrogens is 1. The number of methoxy groups -OCH3 is 1. The van der Waals surface area contributed by atoms with E-state index in [2.05, 4.69) is 9.73 Å². The minimum Gasteiger partial charge on any atom is -0.493 e. The quantitative estimate of drug-likeness (QED) is 0.503. The lowest BCUT2D eigenvalue weighted by Crippen LogP contribution is -2.47. The zero-order valence-corrected chi connectivity index (χ0v) is 17.6. The number of ether oxygens (including phenoxy) is 2. The van der Waals surface area contributed by atoms with E-state index in [0.717, 1.165) is 31.3 Å². The highest BCUT2D eigenvalue weighted by Gasteiger charge is 2.65. The summed E-state index contributed by atoms with van der Waals surface area (Å²) in [5, 5.41) is 9.32. The topological polar surface area (TPSA) is 116 Å². The van der Waals surface area contributed by atoms with Crippen molar-refractivity contribution < 1.29 is 50.3 Å². The van der Waals surface area contributed by atoms with Crippen LogP contribution in [0.5, 0.6) is 5.75 Å². The average molecular weight is 492 g/mol. The predicted octanol–water partition coefficient (Wildman–Crippen LogP) is 2.68. The molecule has 1 aromatic heterocycles. The molecule has 184 valence electrons. The van der Waals surface area contributed by atoms with Crippen LogP contribution in [0.3, 0.4) is 0 Å². The molecule has 0 unspecified atom stereocenters. The highest BCUT2D eigenvalue weighted by Crippen LogP contribution is 2.55. The third-order valence-electron chi connectivity index (χ3n) is 5.86. The van der Waals surface area contributed by atoms with Gasteiger partial charge in [-0.25, -0.2) is 9.38 Å². The molecule has 0 radical (unpaired) electrons. The molecule has 1 saturated heterocycles. The zero-order chi connectivity index (χ0) is 28.1. The number of amides is 2. The average Bonchev–Trinajstić information content (AvgIpc) is 3.04. The number of hydrogen-bond acceptors (Lipinski definition) is 5. The summed E-state index contributed by atoms with van der Waals surface area (Å²) in [5.74, 6) is -10.3. The van der Waals surface area contributed by atoms with E-state index in [-0.39, 0.29) is 5.36 Å². The summed E-state index contributed by atoms with van der Waals surface area (Å²) >= 11 is 0. The van der Waals surface area contributed by atoms with Gasteiger partial charge in [-0.3, -0.25) is 9.59 Å². The van der Waals surface area contributed by atoms with Crippen LogP contribution in [-0.4, -0.2) is 46.7 Å². The first-order valence-electron chi connectivity index (χ1n) is 11.1. The van der Waals surface area contributed by atoms with Crippen LogP contribution in [0.15, 0.2) is 35.5 Å². The predicted molar refractivity (Wildman–Crippen MR) is 105 cm³/mol. The molecule has 2 aromatic rings. The first-order chi connectivity index (χ1) is 16.9. The third-order valence-corrected chi connectivity index (χ3v) is 5.86. The monoisotopic (exact) mass is 492 g/mol. The number of primary amides is 1. The Morgan fingerprint density at radius 3 is 2.59 bits per heavy atom. The summed E-state index contributed by atoms with van der Waals surface area (Å²) in [7, 11) is -3.32. The van der Waals surface area contributed by atoms with Crippen LogP contribution in [0, 0.1) is 17.6 Å². The van der Waals surface area contributed by atoms with Gasteiger partial charge in [0.1, 0.15) is 11.8 Å². The number of halogens is 5. The van der Waals surface area contributed by atoms with E-state index in [0.29, 0.717) is 17.7 Å². The summed E-state index contributed by atoms with van der Waals surface area (Å²) in [6.07, 6.45) is -6.25. The molecule has 0 aliphatic carbocycles.